The quantitative estimate of drug-likeness (QED) is 0.809. The Kier molecular flexibility index (Phi) is 3.05. The van der Waals surface area contributed by atoms with E-state index in [2.05, 4.69) is 18.8 Å². The van der Waals surface area contributed by atoms with Crippen LogP contribution < -0.4 is 0 Å². The minimum Gasteiger partial charge on any atom is -0.505 e. The molecule has 2 heterocycles. The molecule has 1 aromatic heterocycles. The van der Waals surface area contributed by atoms with E-state index < -0.39 is 0 Å². The zero-order chi connectivity index (χ0) is 12.5. The van der Waals surface area contributed by atoms with E-state index in [4.69, 9.17) is 0 Å². The lowest BCUT2D eigenvalue weighted by molar-refractivity contribution is 0.0621. The number of piperidine rings is 1. The maximum Gasteiger partial charge on any atom is 0.276 e. The molecule has 92 valence electrons. The van der Waals surface area contributed by atoms with Gasteiger partial charge >= 0.3 is 0 Å². The number of rotatable bonds is 1. The Morgan fingerprint density at radius 2 is 2.06 bits per heavy atom. The highest BCUT2D eigenvalue weighted by Gasteiger charge is 2.29. The van der Waals surface area contributed by atoms with Crippen LogP contribution in [0, 0.1) is 5.41 Å². The molecule has 0 radical (unpaired) electrons. The molecule has 0 aliphatic carbocycles. The molecule has 0 unspecified atom stereocenters. The summed E-state index contributed by atoms with van der Waals surface area (Å²) in [7, 11) is 0. The van der Waals surface area contributed by atoms with Gasteiger partial charge in [-0.25, -0.2) is 4.98 Å². The van der Waals surface area contributed by atoms with Gasteiger partial charge in [0.2, 0.25) is 0 Å². The van der Waals surface area contributed by atoms with Gasteiger partial charge in [-0.1, -0.05) is 13.8 Å². The third-order valence-electron chi connectivity index (χ3n) is 3.39. The normalized spacial score (nSPS) is 19.1. The van der Waals surface area contributed by atoms with E-state index in [9.17, 15) is 9.90 Å². The molecule has 0 atom stereocenters. The molecular formula is C13H18N2O2. The van der Waals surface area contributed by atoms with Crippen LogP contribution in [0.2, 0.25) is 0 Å². The molecular weight excluding hydrogens is 216 g/mol. The van der Waals surface area contributed by atoms with Crippen LogP contribution in [-0.2, 0) is 0 Å². The van der Waals surface area contributed by atoms with Crippen molar-refractivity contribution in [2.45, 2.75) is 26.7 Å². The van der Waals surface area contributed by atoms with Gasteiger partial charge in [-0.15, -0.1) is 0 Å². The number of aromatic hydroxyl groups is 1. The molecule has 1 aliphatic rings. The summed E-state index contributed by atoms with van der Waals surface area (Å²) in [6, 6.07) is 3.11. The Morgan fingerprint density at radius 1 is 1.41 bits per heavy atom. The van der Waals surface area contributed by atoms with E-state index >= 15 is 0 Å². The standard InChI is InChI=1S/C13H18N2O2/c1-13(2)5-8-15(9-6-13)12(17)11-10(16)4-3-7-14-11/h3-4,7,16H,5-6,8-9H2,1-2H3. The lowest BCUT2D eigenvalue weighted by Gasteiger charge is -2.36. The number of hydrogen-bond donors (Lipinski definition) is 1. The maximum atomic E-state index is 12.1. The Morgan fingerprint density at radius 3 is 2.65 bits per heavy atom. The molecule has 1 N–H and O–H groups in total. The number of pyridine rings is 1. The summed E-state index contributed by atoms with van der Waals surface area (Å²) in [6.45, 7) is 5.91. The van der Waals surface area contributed by atoms with Crippen molar-refractivity contribution in [2.24, 2.45) is 5.41 Å². The van der Waals surface area contributed by atoms with Crippen LogP contribution in [0.25, 0.3) is 0 Å². The van der Waals surface area contributed by atoms with Crippen molar-refractivity contribution in [3.8, 4) is 5.75 Å². The number of aromatic nitrogens is 1. The first-order chi connectivity index (χ1) is 7.99. The Bertz CT molecular complexity index is 419. The van der Waals surface area contributed by atoms with Crippen molar-refractivity contribution in [3.63, 3.8) is 0 Å². The van der Waals surface area contributed by atoms with E-state index in [-0.39, 0.29) is 17.4 Å². The highest BCUT2D eigenvalue weighted by atomic mass is 16.3. The summed E-state index contributed by atoms with van der Waals surface area (Å²) in [5.74, 6) is -0.207. The van der Waals surface area contributed by atoms with Gasteiger partial charge in [0.1, 0.15) is 5.75 Å². The molecule has 0 saturated carbocycles. The molecule has 1 saturated heterocycles. The van der Waals surface area contributed by atoms with Crippen molar-refractivity contribution < 1.29 is 9.90 Å². The van der Waals surface area contributed by atoms with Gasteiger partial charge in [0.15, 0.2) is 5.69 Å². The molecule has 0 bridgehead atoms. The lowest BCUT2D eigenvalue weighted by Crippen LogP contribution is -2.41. The molecule has 1 fully saturated rings. The van der Waals surface area contributed by atoms with Crippen LogP contribution in [0.1, 0.15) is 37.2 Å². The molecule has 4 heteroatoms. The van der Waals surface area contributed by atoms with Gasteiger partial charge in [0.05, 0.1) is 0 Å². The van der Waals surface area contributed by atoms with Crippen molar-refractivity contribution >= 4 is 5.91 Å². The van der Waals surface area contributed by atoms with Crippen LogP contribution >= 0.6 is 0 Å². The van der Waals surface area contributed by atoms with Crippen molar-refractivity contribution in [2.75, 3.05) is 13.1 Å². The van der Waals surface area contributed by atoms with E-state index in [1.54, 1.807) is 11.0 Å². The minimum atomic E-state index is -0.168. The van der Waals surface area contributed by atoms with E-state index in [0.29, 0.717) is 5.41 Å². The highest BCUT2D eigenvalue weighted by molar-refractivity contribution is 5.94. The Labute approximate surface area is 101 Å². The second-order valence-corrected chi connectivity index (χ2v) is 5.33. The SMILES string of the molecule is CC1(C)CCN(C(=O)c2ncccc2O)CC1. The monoisotopic (exact) mass is 234 g/mol. The average molecular weight is 234 g/mol. The molecule has 0 spiro atoms. The molecule has 2 rings (SSSR count). The molecule has 0 aromatic carbocycles. The first kappa shape index (κ1) is 11.9. The topological polar surface area (TPSA) is 53.4 Å². The fourth-order valence-corrected chi connectivity index (χ4v) is 2.03. The summed E-state index contributed by atoms with van der Waals surface area (Å²) < 4.78 is 0. The highest BCUT2D eigenvalue weighted by Crippen LogP contribution is 2.30. The zero-order valence-corrected chi connectivity index (χ0v) is 10.3. The molecule has 1 amide bonds. The zero-order valence-electron chi connectivity index (χ0n) is 10.3. The number of hydrogen-bond acceptors (Lipinski definition) is 3. The van der Waals surface area contributed by atoms with Gasteiger partial charge in [0, 0.05) is 19.3 Å². The molecule has 1 aliphatic heterocycles. The summed E-state index contributed by atoms with van der Waals surface area (Å²) in [6.07, 6.45) is 3.51. The second kappa shape index (κ2) is 4.35. The minimum absolute atomic E-state index is 0.0395. The number of nitrogens with zero attached hydrogens (tertiary/aromatic N) is 2. The molecule has 4 nitrogen and oxygen atoms in total. The molecule has 1 aromatic rings. The number of carbonyl (C=O) groups is 1. The van der Waals surface area contributed by atoms with Gasteiger partial charge in [-0.3, -0.25) is 4.79 Å². The van der Waals surface area contributed by atoms with Crippen LogP contribution in [0.4, 0.5) is 0 Å². The van der Waals surface area contributed by atoms with Gasteiger partial charge in [0.25, 0.3) is 5.91 Å². The van der Waals surface area contributed by atoms with Gasteiger partial charge in [-0.05, 0) is 30.4 Å². The smallest absolute Gasteiger partial charge is 0.276 e. The lowest BCUT2D eigenvalue weighted by atomic mass is 9.82. The van der Waals surface area contributed by atoms with Crippen LogP contribution in [0.15, 0.2) is 18.3 Å². The first-order valence-electron chi connectivity index (χ1n) is 5.93. The number of carbonyl (C=O) groups excluding carboxylic acids is 1. The molecule has 17 heavy (non-hydrogen) atoms. The Balaban J connectivity index is 2.10. The maximum absolute atomic E-state index is 12.1. The largest absolute Gasteiger partial charge is 0.505 e. The predicted octanol–water partition coefficient (Wildman–Crippen LogP) is 2.05. The summed E-state index contributed by atoms with van der Waals surface area (Å²) >= 11 is 0. The average Bonchev–Trinajstić information content (AvgIpc) is 2.29. The fourth-order valence-electron chi connectivity index (χ4n) is 2.03. The number of likely N-dealkylation sites (tertiary alicyclic amines) is 1. The Hall–Kier alpha value is -1.58. The van der Waals surface area contributed by atoms with E-state index in [0.717, 1.165) is 25.9 Å². The van der Waals surface area contributed by atoms with E-state index in [1.165, 1.54) is 12.3 Å². The number of amides is 1. The third kappa shape index (κ3) is 2.57. The van der Waals surface area contributed by atoms with Gasteiger partial charge in [-0.2, -0.15) is 0 Å². The van der Waals surface area contributed by atoms with Crippen molar-refractivity contribution in [3.05, 3.63) is 24.0 Å². The fraction of sp³-hybridized carbons (Fsp3) is 0.538. The van der Waals surface area contributed by atoms with Crippen molar-refractivity contribution in [1.82, 2.24) is 9.88 Å². The van der Waals surface area contributed by atoms with E-state index in [1.807, 2.05) is 0 Å². The van der Waals surface area contributed by atoms with Gasteiger partial charge < -0.3 is 10.0 Å². The van der Waals surface area contributed by atoms with Crippen LogP contribution in [0.3, 0.4) is 0 Å². The summed E-state index contributed by atoms with van der Waals surface area (Å²) in [5, 5.41) is 9.60. The summed E-state index contributed by atoms with van der Waals surface area (Å²) in [5.41, 5.74) is 0.468. The van der Waals surface area contributed by atoms with Crippen LogP contribution in [0.5, 0.6) is 5.75 Å². The second-order valence-electron chi connectivity index (χ2n) is 5.33. The predicted molar refractivity (Wildman–Crippen MR) is 64.8 cm³/mol. The third-order valence-corrected chi connectivity index (χ3v) is 3.39. The summed E-state index contributed by atoms with van der Waals surface area (Å²) in [4.78, 5) is 17.9. The first-order valence-corrected chi connectivity index (χ1v) is 5.93. The van der Waals surface area contributed by atoms with Crippen molar-refractivity contribution in [1.29, 1.82) is 0 Å². The van der Waals surface area contributed by atoms with Crippen LogP contribution in [-0.4, -0.2) is 34.0 Å².